The molecule has 2 aromatic rings. The number of carbonyl (C=O) groups excluding carboxylic acids is 1. The van der Waals surface area contributed by atoms with Gasteiger partial charge in [-0.15, -0.1) is 0 Å². The van der Waals surface area contributed by atoms with E-state index < -0.39 is 20.7 Å². The van der Waals surface area contributed by atoms with Crippen molar-refractivity contribution in [3.05, 3.63) is 53.8 Å². The fourth-order valence-corrected chi connectivity index (χ4v) is 3.90. The van der Waals surface area contributed by atoms with Gasteiger partial charge in [0, 0.05) is 13.1 Å². The number of sulfonamides is 1. The molecule has 0 unspecified atom stereocenters. The minimum absolute atomic E-state index is 0.227. The van der Waals surface area contributed by atoms with Gasteiger partial charge in [0.1, 0.15) is 10.7 Å². The van der Waals surface area contributed by atoms with Crippen LogP contribution in [-0.2, 0) is 16.4 Å². The van der Waals surface area contributed by atoms with Crippen molar-refractivity contribution in [2.75, 3.05) is 22.7 Å². The number of urea groups is 1. The van der Waals surface area contributed by atoms with Gasteiger partial charge in [0.05, 0.1) is 11.4 Å². The van der Waals surface area contributed by atoms with Gasteiger partial charge in [-0.25, -0.2) is 17.6 Å². The van der Waals surface area contributed by atoms with E-state index in [1.165, 1.54) is 18.2 Å². The molecule has 1 heterocycles. The average molecular weight is 363 g/mol. The molecule has 25 heavy (non-hydrogen) atoms. The van der Waals surface area contributed by atoms with Crippen LogP contribution >= 0.6 is 0 Å². The van der Waals surface area contributed by atoms with Crippen LogP contribution < -0.4 is 14.9 Å². The smallest absolute Gasteiger partial charge is 0.321 e. The molecule has 132 valence electrons. The van der Waals surface area contributed by atoms with E-state index >= 15 is 0 Å². The van der Waals surface area contributed by atoms with Crippen molar-refractivity contribution >= 4 is 27.4 Å². The maximum Gasteiger partial charge on any atom is 0.321 e. The Bertz CT molecular complexity index is 915. The second-order valence-corrected chi connectivity index (χ2v) is 7.27. The third kappa shape index (κ3) is 3.43. The Labute approximate surface area is 145 Å². The maximum absolute atomic E-state index is 13.8. The van der Waals surface area contributed by atoms with Crippen LogP contribution in [0.15, 0.2) is 47.4 Å². The minimum Gasteiger partial charge on any atom is -0.338 e. The number of halogens is 1. The van der Waals surface area contributed by atoms with Gasteiger partial charge in [0.2, 0.25) is 0 Å². The predicted octanol–water partition coefficient (Wildman–Crippen LogP) is 2.72. The first kappa shape index (κ1) is 17.2. The first-order valence-electron chi connectivity index (χ1n) is 7.88. The Hall–Kier alpha value is -2.61. The molecule has 0 aliphatic carbocycles. The number of fused-ring (bicyclic) bond motifs is 1. The molecule has 1 aliphatic heterocycles. The van der Waals surface area contributed by atoms with Gasteiger partial charge in [-0.05, 0) is 43.2 Å². The Morgan fingerprint density at radius 2 is 2.00 bits per heavy atom. The highest BCUT2D eigenvalue weighted by atomic mass is 32.2. The van der Waals surface area contributed by atoms with Gasteiger partial charge < -0.3 is 5.32 Å². The molecule has 8 heteroatoms. The molecule has 0 bridgehead atoms. The van der Waals surface area contributed by atoms with Gasteiger partial charge in [0.25, 0.3) is 10.0 Å². The van der Waals surface area contributed by atoms with Crippen molar-refractivity contribution in [2.45, 2.75) is 18.2 Å². The average Bonchev–Trinajstić information content (AvgIpc) is 2.98. The van der Waals surface area contributed by atoms with E-state index in [-0.39, 0.29) is 11.7 Å². The number of nitrogens with one attached hydrogen (secondary N) is 2. The second-order valence-electron chi connectivity index (χ2n) is 5.62. The van der Waals surface area contributed by atoms with E-state index in [1.54, 1.807) is 23.1 Å². The van der Waals surface area contributed by atoms with Gasteiger partial charge in [-0.3, -0.25) is 9.62 Å². The quantitative estimate of drug-likeness (QED) is 0.877. The van der Waals surface area contributed by atoms with Gasteiger partial charge >= 0.3 is 6.03 Å². The largest absolute Gasteiger partial charge is 0.338 e. The molecule has 0 saturated carbocycles. The zero-order valence-corrected chi connectivity index (χ0v) is 14.4. The van der Waals surface area contributed by atoms with E-state index in [9.17, 15) is 17.6 Å². The first-order valence-corrected chi connectivity index (χ1v) is 9.36. The third-order valence-electron chi connectivity index (χ3n) is 3.93. The molecule has 0 radical (unpaired) electrons. The Balaban J connectivity index is 1.89. The summed E-state index contributed by atoms with van der Waals surface area (Å²) in [6, 6.07) is 9.92. The van der Waals surface area contributed by atoms with Crippen molar-refractivity contribution in [3.63, 3.8) is 0 Å². The van der Waals surface area contributed by atoms with Crippen molar-refractivity contribution in [1.29, 1.82) is 0 Å². The molecule has 1 aliphatic rings. The lowest BCUT2D eigenvalue weighted by Gasteiger charge is -2.18. The lowest BCUT2D eigenvalue weighted by molar-refractivity contribution is 0.247. The number of hydrogen-bond donors (Lipinski definition) is 2. The van der Waals surface area contributed by atoms with Crippen LogP contribution in [-0.4, -0.2) is 27.5 Å². The van der Waals surface area contributed by atoms with Crippen LogP contribution in [0.4, 0.5) is 20.6 Å². The SMILES string of the molecule is CCNC(=O)N1CCc2ccc(NS(=O)(=O)c3ccccc3F)cc21. The summed E-state index contributed by atoms with van der Waals surface area (Å²) < 4.78 is 40.9. The number of anilines is 2. The number of rotatable bonds is 4. The topological polar surface area (TPSA) is 78.5 Å². The summed E-state index contributed by atoms with van der Waals surface area (Å²) in [7, 11) is -4.05. The highest BCUT2D eigenvalue weighted by Gasteiger charge is 2.25. The Kier molecular flexibility index (Phi) is 4.63. The standard InChI is InChI=1S/C17H18FN3O3S/c1-2-19-17(22)21-10-9-12-7-8-13(11-15(12)21)20-25(23,24)16-6-4-3-5-14(16)18/h3-8,11,20H,2,9-10H2,1H3,(H,19,22). The molecule has 0 aromatic heterocycles. The lowest BCUT2D eigenvalue weighted by Crippen LogP contribution is -2.38. The summed E-state index contributed by atoms with van der Waals surface area (Å²) in [4.78, 5) is 13.2. The molecular weight excluding hydrogens is 345 g/mol. The fraction of sp³-hybridized carbons (Fsp3) is 0.235. The number of nitrogens with zero attached hydrogens (tertiary/aromatic N) is 1. The van der Waals surface area contributed by atoms with Gasteiger partial charge in [-0.1, -0.05) is 18.2 Å². The molecule has 3 rings (SSSR count). The zero-order valence-electron chi connectivity index (χ0n) is 13.6. The van der Waals surface area contributed by atoms with Crippen LogP contribution in [0.1, 0.15) is 12.5 Å². The first-order chi connectivity index (χ1) is 11.9. The summed E-state index contributed by atoms with van der Waals surface area (Å²) in [5.41, 5.74) is 1.89. The molecule has 6 nitrogen and oxygen atoms in total. The van der Waals surface area contributed by atoms with E-state index in [4.69, 9.17) is 0 Å². The second kappa shape index (κ2) is 6.72. The van der Waals surface area contributed by atoms with E-state index in [1.807, 2.05) is 6.92 Å². The summed E-state index contributed by atoms with van der Waals surface area (Å²) in [6.07, 6.45) is 0.701. The molecule has 2 N–H and O–H groups in total. The van der Waals surface area contributed by atoms with Crippen LogP contribution in [0.5, 0.6) is 0 Å². The van der Waals surface area contributed by atoms with Gasteiger partial charge in [-0.2, -0.15) is 0 Å². The molecule has 0 saturated heterocycles. The van der Waals surface area contributed by atoms with Crippen LogP contribution in [0.2, 0.25) is 0 Å². The van der Waals surface area contributed by atoms with Crippen molar-refractivity contribution in [3.8, 4) is 0 Å². The summed E-state index contributed by atoms with van der Waals surface area (Å²) in [5.74, 6) is -0.819. The maximum atomic E-state index is 13.8. The van der Waals surface area contributed by atoms with Gasteiger partial charge in [0.15, 0.2) is 0 Å². The summed E-state index contributed by atoms with van der Waals surface area (Å²) in [6.45, 7) is 2.86. The monoisotopic (exact) mass is 363 g/mol. The van der Waals surface area contributed by atoms with Crippen molar-refractivity contribution < 1.29 is 17.6 Å². The molecule has 0 atom stereocenters. The van der Waals surface area contributed by atoms with Crippen LogP contribution in [0.3, 0.4) is 0 Å². The van der Waals surface area contributed by atoms with Crippen molar-refractivity contribution in [1.82, 2.24) is 5.32 Å². The summed E-state index contributed by atoms with van der Waals surface area (Å²) >= 11 is 0. The lowest BCUT2D eigenvalue weighted by atomic mass is 10.1. The molecule has 0 fully saturated rings. The van der Waals surface area contributed by atoms with E-state index in [2.05, 4.69) is 10.0 Å². The normalized spacial score (nSPS) is 13.4. The van der Waals surface area contributed by atoms with Crippen molar-refractivity contribution in [2.24, 2.45) is 0 Å². The molecular formula is C17H18FN3O3S. The Morgan fingerprint density at radius 3 is 2.72 bits per heavy atom. The van der Waals surface area contributed by atoms with Crippen LogP contribution in [0.25, 0.3) is 0 Å². The summed E-state index contributed by atoms with van der Waals surface area (Å²) in [5, 5.41) is 2.73. The molecule has 2 amide bonds. The Morgan fingerprint density at radius 1 is 1.24 bits per heavy atom. The highest BCUT2D eigenvalue weighted by Crippen LogP contribution is 2.31. The van der Waals surface area contributed by atoms with E-state index in [0.717, 1.165) is 11.6 Å². The fourth-order valence-electron chi connectivity index (χ4n) is 2.77. The highest BCUT2D eigenvalue weighted by molar-refractivity contribution is 7.92. The van der Waals surface area contributed by atoms with E-state index in [0.29, 0.717) is 25.2 Å². The molecule has 0 spiro atoms. The zero-order chi connectivity index (χ0) is 18.0. The predicted molar refractivity (Wildman–Crippen MR) is 93.8 cm³/mol. The number of benzene rings is 2. The van der Waals surface area contributed by atoms with Crippen LogP contribution in [0, 0.1) is 5.82 Å². The minimum atomic E-state index is -4.05. The molecule has 2 aromatic carbocycles. The number of carbonyl (C=O) groups is 1. The number of amides is 2. The third-order valence-corrected chi connectivity index (χ3v) is 5.35. The number of hydrogen-bond acceptors (Lipinski definition) is 3.